The molecule has 1 aliphatic heterocycles. The number of aromatic nitrogens is 4. The Morgan fingerprint density at radius 2 is 2.06 bits per heavy atom. The molecule has 1 fully saturated rings. The highest BCUT2D eigenvalue weighted by atomic mass is 35.5. The van der Waals surface area contributed by atoms with E-state index in [0.29, 0.717) is 31.1 Å². The van der Waals surface area contributed by atoms with Gasteiger partial charge in [0.1, 0.15) is 11.6 Å². The number of nitrogens with two attached hydrogens (primary N) is 1. The Bertz CT molecular complexity index is 1200. The summed E-state index contributed by atoms with van der Waals surface area (Å²) in [5, 5.41) is 7.52. The molecule has 33 heavy (non-hydrogen) atoms. The third-order valence-corrected chi connectivity index (χ3v) is 5.50. The van der Waals surface area contributed by atoms with Crippen LogP contribution in [0.25, 0.3) is 11.0 Å². The fraction of sp³-hybridized carbons (Fsp3) is 0.368. The van der Waals surface area contributed by atoms with Gasteiger partial charge in [0.25, 0.3) is 0 Å². The standard InChI is InChI=1S/C19H20ClF3N8O2/c1-10-9-30(18(32)26-14-4-3-11(7-13(14)20)33-19(21,22)23)5-6-31(10)16-12-8-25-29(2)15(12)27-17(24)28-16/h3-4,7-8,10H,5-6,9H2,1-2H3,(H,26,32)(H2,24,27,28)/t10-/m0/s1. The quantitative estimate of drug-likeness (QED) is 0.586. The fourth-order valence-corrected chi connectivity index (χ4v) is 3.91. The Morgan fingerprint density at radius 1 is 1.30 bits per heavy atom. The van der Waals surface area contributed by atoms with Crippen LogP contribution in [0.5, 0.6) is 5.75 Å². The van der Waals surface area contributed by atoms with E-state index in [1.807, 2.05) is 11.8 Å². The number of hydrogen-bond donors (Lipinski definition) is 2. The van der Waals surface area contributed by atoms with Crippen LogP contribution in [0.4, 0.5) is 35.4 Å². The molecular formula is C19H20ClF3N8O2. The summed E-state index contributed by atoms with van der Waals surface area (Å²) in [4.78, 5) is 25.0. The molecule has 176 valence electrons. The van der Waals surface area contributed by atoms with Gasteiger partial charge in [-0.1, -0.05) is 11.6 Å². The molecule has 3 aromatic rings. The van der Waals surface area contributed by atoms with E-state index in [9.17, 15) is 18.0 Å². The number of carbonyl (C=O) groups excluding carboxylic acids is 1. The van der Waals surface area contributed by atoms with Gasteiger partial charge in [0.15, 0.2) is 5.65 Å². The second kappa shape index (κ2) is 8.46. The van der Waals surface area contributed by atoms with Gasteiger partial charge in [0, 0.05) is 38.8 Å². The lowest BCUT2D eigenvalue weighted by Gasteiger charge is -2.40. The first kappa shape index (κ1) is 22.7. The maximum atomic E-state index is 12.8. The van der Waals surface area contributed by atoms with E-state index >= 15 is 0 Å². The number of alkyl halides is 3. The van der Waals surface area contributed by atoms with Crippen molar-refractivity contribution in [2.75, 3.05) is 35.6 Å². The van der Waals surface area contributed by atoms with Crippen molar-refractivity contribution in [1.29, 1.82) is 0 Å². The molecule has 3 N–H and O–H groups in total. The van der Waals surface area contributed by atoms with Crippen LogP contribution in [-0.2, 0) is 7.05 Å². The van der Waals surface area contributed by atoms with Gasteiger partial charge >= 0.3 is 12.4 Å². The summed E-state index contributed by atoms with van der Waals surface area (Å²) in [7, 11) is 1.76. The number of carbonyl (C=O) groups is 1. The average molecular weight is 485 g/mol. The average Bonchev–Trinajstić information content (AvgIpc) is 3.09. The Hall–Kier alpha value is -3.48. The Balaban J connectivity index is 1.45. The number of hydrogen-bond acceptors (Lipinski definition) is 7. The minimum atomic E-state index is -4.83. The van der Waals surface area contributed by atoms with Gasteiger partial charge in [0.2, 0.25) is 5.95 Å². The molecule has 0 bridgehead atoms. The molecule has 3 heterocycles. The summed E-state index contributed by atoms with van der Waals surface area (Å²) in [5.74, 6) is 0.293. The maximum absolute atomic E-state index is 12.8. The van der Waals surface area contributed by atoms with Crippen molar-refractivity contribution < 1.29 is 22.7 Å². The highest BCUT2D eigenvalue weighted by Gasteiger charge is 2.32. The van der Waals surface area contributed by atoms with Crippen molar-refractivity contribution >= 4 is 46.1 Å². The van der Waals surface area contributed by atoms with E-state index in [-0.39, 0.29) is 22.7 Å². The number of amides is 2. The van der Waals surface area contributed by atoms with Crippen molar-refractivity contribution in [3.63, 3.8) is 0 Å². The third-order valence-electron chi connectivity index (χ3n) is 5.19. The molecule has 10 nitrogen and oxygen atoms in total. The normalized spacial score (nSPS) is 16.8. The molecule has 14 heteroatoms. The maximum Gasteiger partial charge on any atom is 0.573 e. The number of halogens is 4. The second-order valence-electron chi connectivity index (χ2n) is 7.52. The molecule has 4 rings (SSSR count). The number of nitrogen functional groups attached to an aromatic ring is 1. The number of benzene rings is 1. The first-order valence-corrected chi connectivity index (χ1v) is 10.2. The van der Waals surface area contributed by atoms with Gasteiger partial charge < -0.3 is 25.6 Å². The predicted octanol–water partition coefficient (Wildman–Crippen LogP) is 3.24. The number of fused-ring (bicyclic) bond motifs is 1. The van der Waals surface area contributed by atoms with E-state index in [0.717, 1.165) is 17.5 Å². The van der Waals surface area contributed by atoms with E-state index < -0.39 is 18.1 Å². The highest BCUT2D eigenvalue weighted by molar-refractivity contribution is 6.33. The SMILES string of the molecule is C[C@H]1CN(C(=O)Nc2ccc(OC(F)(F)F)cc2Cl)CCN1c1nc(N)nc2c1cnn2C. The van der Waals surface area contributed by atoms with Crippen LogP contribution < -0.4 is 20.7 Å². The van der Waals surface area contributed by atoms with Crippen molar-refractivity contribution in [1.82, 2.24) is 24.6 Å². The molecule has 1 saturated heterocycles. The predicted molar refractivity (Wildman–Crippen MR) is 116 cm³/mol. The third kappa shape index (κ3) is 4.82. The van der Waals surface area contributed by atoms with Crippen LogP contribution in [0.3, 0.4) is 0 Å². The zero-order valence-corrected chi connectivity index (χ0v) is 18.4. The van der Waals surface area contributed by atoms with Crippen LogP contribution in [0.2, 0.25) is 5.02 Å². The lowest BCUT2D eigenvalue weighted by atomic mass is 10.2. The van der Waals surface area contributed by atoms with Gasteiger partial charge in [-0.3, -0.25) is 4.68 Å². The van der Waals surface area contributed by atoms with E-state index in [4.69, 9.17) is 17.3 Å². The van der Waals surface area contributed by atoms with Crippen LogP contribution in [0.1, 0.15) is 6.92 Å². The number of anilines is 3. The van der Waals surface area contributed by atoms with Gasteiger partial charge in [-0.05, 0) is 19.1 Å². The first-order chi connectivity index (χ1) is 15.5. The minimum Gasteiger partial charge on any atom is -0.406 e. The smallest absolute Gasteiger partial charge is 0.406 e. The van der Waals surface area contributed by atoms with Gasteiger partial charge in [-0.15, -0.1) is 13.2 Å². The van der Waals surface area contributed by atoms with Crippen LogP contribution >= 0.6 is 11.6 Å². The van der Waals surface area contributed by atoms with Gasteiger partial charge in [-0.2, -0.15) is 15.1 Å². The van der Waals surface area contributed by atoms with Crippen molar-refractivity contribution in [3.05, 3.63) is 29.4 Å². The lowest BCUT2D eigenvalue weighted by Crippen LogP contribution is -2.55. The number of rotatable bonds is 3. The highest BCUT2D eigenvalue weighted by Crippen LogP contribution is 2.31. The lowest BCUT2D eigenvalue weighted by molar-refractivity contribution is -0.274. The molecular weight excluding hydrogens is 465 g/mol. The molecule has 1 atom stereocenters. The molecule has 0 aliphatic carbocycles. The summed E-state index contributed by atoms with van der Waals surface area (Å²) in [6, 6.07) is 2.78. The van der Waals surface area contributed by atoms with Crippen molar-refractivity contribution in [3.8, 4) is 5.75 Å². The van der Waals surface area contributed by atoms with Gasteiger partial charge in [0.05, 0.1) is 22.3 Å². The molecule has 1 aromatic carbocycles. The minimum absolute atomic E-state index is 0.0767. The summed E-state index contributed by atoms with van der Waals surface area (Å²) in [6.45, 7) is 3.15. The fourth-order valence-electron chi connectivity index (χ4n) is 3.69. The molecule has 1 aliphatic rings. The summed E-state index contributed by atoms with van der Waals surface area (Å²) in [5.41, 5.74) is 6.66. The number of urea groups is 1. The number of ether oxygens (including phenoxy) is 1. The summed E-state index contributed by atoms with van der Waals surface area (Å²) in [6.07, 6.45) is -3.16. The number of piperazine rings is 1. The molecule has 0 spiro atoms. The van der Waals surface area contributed by atoms with Crippen molar-refractivity contribution in [2.45, 2.75) is 19.3 Å². The van der Waals surface area contributed by atoms with E-state index in [1.165, 1.54) is 6.07 Å². The number of nitrogens with one attached hydrogen (secondary N) is 1. The van der Waals surface area contributed by atoms with Crippen LogP contribution in [0.15, 0.2) is 24.4 Å². The monoisotopic (exact) mass is 484 g/mol. The Morgan fingerprint density at radius 3 is 2.73 bits per heavy atom. The topological polar surface area (TPSA) is 114 Å². The molecule has 0 unspecified atom stereocenters. The molecule has 0 radical (unpaired) electrons. The molecule has 2 amide bonds. The Kier molecular flexibility index (Phi) is 5.82. The Labute approximate surface area is 191 Å². The number of nitrogens with zero attached hydrogens (tertiary/aromatic N) is 6. The summed E-state index contributed by atoms with van der Waals surface area (Å²) >= 11 is 6.02. The van der Waals surface area contributed by atoms with Crippen molar-refractivity contribution in [2.24, 2.45) is 7.05 Å². The number of aryl methyl sites for hydroxylation is 1. The zero-order valence-electron chi connectivity index (χ0n) is 17.6. The van der Waals surface area contributed by atoms with Crippen LogP contribution in [0, 0.1) is 0 Å². The van der Waals surface area contributed by atoms with E-state index in [2.05, 4.69) is 25.1 Å². The van der Waals surface area contributed by atoms with E-state index in [1.54, 1.807) is 22.8 Å². The molecule has 2 aromatic heterocycles. The largest absolute Gasteiger partial charge is 0.573 e. The first-order valence-electron chi connectivity index (χ1n) is 9.85. The van der Waals surface area contributed by atoms with Gasteiger partial charge in [-0.25, -0.2) is 4.79 Å². The zero-order chi connectivity index (χ0) is 23.9. The molecule has 0 saturated carbocycles. The second-order valence-corrected chi connectivity index (χ2v) is 7.93. The van der Waals surface area contributed by atoms with Crippen LogP contribution in [-0.4, -0.2) is 62.7 Å². The summed E-state index contributed by atoms with van der Waals surface area (Å²) < 4.78 is 42.5.